The molecule has 1 atom stereocenters. The average molecular weight is 436 g/mol. The van der Waals surface area contributed by atoms with Gasteiger partial charge in [-0.3, -0.25) is 4.79 Å². The van der Waals surface area contributed by atoms with Crippen molar-refractivity contribution in [3.05, 3.63) is 47.3 Å². The number of benzene rings is 1. The summed E-state index contributed by atoms with van der Waals surface area (Å²) in [6.45, 7) is 7.33. The number of anilines is 1. The first-order valence-corrected chi connectivity index (χ1v) is 12.4. The first-order valence-electron chi connectivity index (χ1n) is 10.1. The summed E-state index contributed by atoms with van der Waals surface area (Å²) in [5, 5.41) is 4.74. The van der Waals surface area contributed by atoms with Gasteiger partial charge in [-0.1, -0.05) is 18.2 Å². The van der Waals surface area contributed by atoms with E-state index in [-0.39, 0.29) is 18.4 Å². The van der Waals surface area contributed by atoms with Gasteiger partial charge in [0.25, 0.3) is 10.0 Å². The maximum absolute atomic E-state index is 12.7. The monoisotopic (exact) mass is 435 g/mol. The zero-order valence-electron chi connectivity index (χ0n) is 17.0. The summed E-state index contributed by atoms with van der Waals surface area (Å²) < 4.78 is 27.3. The number of sulfonamides is 1. The summed E-state index contributed by atoms with van der Waals surface area (Å²) in [5.74, 6) is -0.391. The molecule has 8 heteroatoms. The van der Waals surface area contributed by atoms with Crippen LogP contribution in [0.15, 0.2) is 46.0 Å². The highest BCUT2D eigenvalue weighted by Gasteiger charge is 2.33. The van der Waals surface area contributed by atoms with Crippen molar-refractivity contribution in [2.24, 2.45) is 5.92 Å². The van der Waals surface area contributed by atoms with Crippen molar-refractivity contribution in [1.29, 1.82) is 0 Å². The normalized spacial score (nSPS) is 17.8. The number of hydrogen-bond donors (Lipinski definition) is 1. The van der Waals surface area contributed by atoms with Crippen LogP contribution in [-0.4, -0.2) is 44.8 Å². The van der Waals surface area contributed by atoms with E-state index < -0.39 is 10.0 Å². The van der Waals surface area contributed by atoms with E-state index >= 15 is 0 Å². The van der Waals surface area contributed by atoms with Crippen molar-refractivity contribution in [3.63, 3.8) is 0 Å². The van der Waals surface area contributed by atoms with Crippen LogP contribution >= 0.6 is 11.3 Å². The van der Waals surface area contributed by atoms with Gasteiger partial charge in [-0.25, -0.2) is 8.42 Å². The molecule has 0 aliphatic carbocycles. The number of rotatable bonds is 8. The van der Waals surface area contributed by atoms with Gasteiger partial charge in [0, 0.05) is 38.4 Å². The van der Waals surface area contributed by atoms with Crippen LogP contribution < -0.4 is 10.2 Å². The second-order valence-electron chi connectivity index (χ2n) is 7.19. The van der Waals surface area contributed by atoms with Crippen LogP contribution in [0.2, 0.25) is 0 Å². The topological polar surface area (TPSA) is 69.7 Å². The van der Waals surface area contributed by atoms with Crippen LogP contribution in [0, 0.1) is 5.92 Å². The summed E-state index contributed by atoms with van der Waals surface area (Å²) in [4.78, 5) is 14.9. The van der Waals surface area contributed by atoms with E-state index in [9.17, 15) is 13.2 Å². The van der Waals surface area contributed by atoms with Crippen molar-refractivity contribution in [1.82, 2.24) is 9.62 Å². The minimum absolute atomic E-state index is 0.0797. The average Bonchev–Trinajstić information content (AvgIpc) is 3.30. The molecule has 1 aromatic heterocycles. The lowest BCUT2D eigenvalue weighted by atomic mass is 9.98. The summed E-state index contributed by atoms with van der Waals surface area (Å²) in [6.07, 6.45) is 1.41. The number of amides is 1. The second-order valence-corrected chi connectivity index (χ2v) is 10.3. The second kappa shape index (κ2) is 9.73. The van der Waals surface area contributed by atoms with E-state index in [0.29, 0.717) is 30.1 Å². The Morgan fingerprint density at radius 2 is 1.93 bits per heavy atom. The molecule has 6 nitrogen and oxygen atoms in total. The Kier molecular flexibility index (Phi) is 7.32. The number of thiophene rings is 1. The number of carbonyl (C=O) groups is 1. The van der Waals surface area contributed by atoms with Gasteiger partial charge in [0.05, 0.1) is 5.92 Å². The molecule has 0 saturated carbocycles. The molecule has 2 heterocycles. The van der Waals surface area contributed by atoms with Gasteiger partial charge in [0.1, 0.15) is 4.21 Å². The lowest BCUT2D eigenvalue weighted by molar-refractivity contribution is -0.126. The molecular formula is C21H29N3O3S2. The number of hydrogen-bond acceptors (Lipinski definition) is 5. The van der Waals surface area contributed by atoms with E-state index in [1.807, 2.05) is 12.1 Å². The van der Waals surface area contributed by atoms with Gasteiger partial charge in [0.15, 0.2) is 0 Å². The SMILES string of the molecule is CCN(CC)c1ccc(CNC(=O)C2CCCN(S(=O)(=O)c3cccs3)C2)cc1. The Labute approximate surface area is 177 Å². The molecule has 1 aliphatic rings. The molecule has 1 saturated heterocycles. The van der Waals surface area contributed by atoms with Crippen LogP contribution in [0.5, 0.6) is 0 Å². The molecule has 29 heavy (non-hydrogen) atoms. The molecule has 158 valence electrons. The zero-order valence-corrected chi connectivity index (χ0v) is 18.6. The van der Waals surface area contributed by atoms with Crippen LogP contribution in [0.4, 0.5) is 5.69 Å². The molecule has 1 amide bonds. The maximum atomic E-state index is 12.7. The Bertz CT molecular complexity index is 892. The first kappa shape index (κ1) is 21.8. The van der Waals surface area contributed by atoms with Gasteiger partial charge in [0.2, 0.25) is 5.91 Å². The van der Waals surface area contributed by atoms with Crippen LogP contribution in [-0.2, 0) is 21.4 Å². The smallest absolute Gasteiger partial charge is 0.252 e. The van der Waals surface area contributed by atoms with Crippen molar-refractivity contribution in [2.45, 2.75) is 37.4 Å². The quantitative estimate of drug-likeness (QED) is 0.691. The van der Waals surface area contributed by atoms with Crippen LogP contribution in [0.1, 0.15) is 32.3 Å². The molecule has 1 aliphatic heterocycles. The van der Waals surface area contributed by atoms with E-state index in [0.717, 1.165) is 18.7 Å². The summed E-state index contributed by atoms with van der Waals surface area (Å²) >= 11 is 1.21. The minimum Gasteiger partial charge on any atom is -0.372 e. The van der Waals surface area contributed by atoms with Gasteiger partial charge in [-0.2, -0.15) is 4.31 Å². The number of nitrogens with zero attached hydrogens (tertiary/aromatic N) is 2. The van der Waals surface area contributed by atoms with E-state index in [2.05, 4.69) is 36.2 Å². The molecule has 0 radical (unpaired) electrons. The molecule has 1 fully saturated rings. The molecule has 0 spiro atoms. The van der Waals surface area contributed by atoms with Gasteiger partial charge in [-0.15, -0.1) is 11.3 Å². The predicted octanol–water partition coefficient (Wildman–Crippen LogP) is 3.31. The van der Waals surface area contributed by atoms with Gasteiger partial charge >= 0.3 is 0 Å². The largest absolute Gasteiger partial charge is 0.372 e. The van der Waals surface area contributed by atoms with Crippen LogP contribution in [0.25, 0.3) is 0 Å². The Morgan fingerprint density at radius 3 is 2.55 bits per heavy atom. The molecule has 1 unspecified atom stereocenters. The lowest BCUT2D eigenvalue weighted by Crippen LogP contribution is -2.45. The molecule has 1 aromatic carbocycles. The summed E-state index contributed by atoms with van der Waals surface area (Å²) in [5.41, 5.74) is 2.21. The number of carbonyl (C=O) groups excluding carboxylic acids is 1. The third kappa shape index (κ3) is 5.18. The fourth-order valence-corrected chi connectivity index (χ4v) is 6.33. The number of piperidine rings is 1. The molecule has 3 rings (SSSR count). The first-order chi connectivity index (χ1) is 14.0. The highest BCUT2D eigenvalue weighted by molar-refractivity contribution is 7.91. The molecule has 0 bridgehead atoms. The fraction of sp³-hybridized carbons (Fsp3) is 0.476. The molecular weight excluding hydrogens is 406 g/mol. The third-order valence-electron chi connectivity index (χ3n) is 5.38. The summed E-state index contributed by atoms with van der Waals surface area (Å²) in [7, 11) is -3.50. The van der Waals surface area contributed by atoms with Crippen molar-refractivity contribution < 1.29 is 13.2 Å². The van der Waals surface area contributed by atoms with Gasteiger partial charge < -0.3 is 10.2 Å². The highest BCUT2D eigenvalue weighted by atomic mass is 32.2. The third-order valence-corrected chi connectivity index (χ3v) is 8.61. The predicted molar refractivity (Wildman–Crippen MR) is 118 cm³/mol. The zero-order chi connectivity index (χ0) is 20.9. The maximum Gasteiger partial charge on any atom is 0.252 e. The van der Waals surface area contributed by atoms with E-state index in [4.69, 9.17) is 0 Å². The van der Waals surface area contributed by atoms with Crippen LogP contribution in [0.3, 0.4) is 0 Å². The Balaban J connectivity index is 1.57. The molecule has 2 aromatic rings. The van der Waals surface area contributed by atoms with Crippen molar-refractivity contribution in [2.75, 3.05) is 31.1 Å². The lowest BCUT2D eigenvalue weighted by Gasteiger charge is -2.30. The Hall–Kier alpha value is -1.90. The Morgan fingerprint density at radius 1 is 1.21 bits per heavy atom. The van der Waals surface area contributed by atoms with Crippen molar-refractivity contribution in [3.8, 4) is 0 Å². The standard InChI is InChI=1S/C21H29N3O3S2/c1-3-23(4-2)19-11-9-17(10-12-19)15-22-21(25)18-7-5-13-24(16-18)29(26,27)20-8-6-14-28-20/h6,8-12,14,18H,3-5,7,13,15-16H2,1-2H3,(H,22,25). The number of nitrogens with one attached hydrogen (secondary N) is 1. The van der Waals surface area contributed by atoms with Gasteiger partial charge in [-0.05, 0) is 55.8 Å². The van der Waals surface area contributed by atoms with E-state index in [1.54, 1.807) is 17.5 Å². The minimum atomic E-state index is -3.50. The summed E-state index contributed by atoms with van der Waals surface area (Å²) in [6, 6.07) is 11.6. The fourth-order valence-electron chi connectivity index (χ4n) is 3.66. The molecule has 1 N–H and O–H groups in total. The highest BCUT2D eigenvalue weighted by Crippen LogP contribution is 2.26. The van der Waals surface area contributed by atoms with Crippen molar-refractivity contribution >= 4 is 33.0 Å². The van der Waals surface area contributed by atoms with E-state index in [1.165, 1.54) is 21.3 Å².